The van der Waals surface area contributed by atoms with Crippen LogP contribution in [0.15, 0.2) is 24.3 Å². The van der Waals surface area contributed by atoms with Crippen LogP contribution in [-0.2, 0) is 16.5 Å². The molecular formula is C11H16O3S. The minimum atomic E-state index is -3.41. The van der Waals surface area contributed by atoms with Gasteiger partial charge < -0.3 is 4.18 Å². The van der Waals surface area contributed by atoms with Gasteiger partial charge in [-0.25, -0.2) is 0 Å². The summed E-state index contributed by atoms with van der Waals surface area (Å²) in [4.78, 5) is 0. The molecular weight excluding hydrogens is 212 g/mol. The highest BCUT2D eigenvalue weighted by Crippen LogP contribution is 2.15. The Balaban J connectivity index is 2.64. The smallest absolute Gasteiger partial charge is 0.306 e. The number of hydrogen-bond acceptors (Lipinski definition) is 3. The van der Waals surface area contributed by atoms with Crippen LogP contribution in [0, 0.1) is 0 Å². The van der Waals surface area contributed by atoms with Crippen LogP contribution in [0.1, 0.15) is 25.3 Å². The molecule has 0 bridgehead atoms. The van der Waals surface area contributed by atoms with Gasteiger partial charge in [0.2, 0.25) is 0 Å². The summed E-state index contributed by atoms with van der Waals surface area (Å²) in [5, 5.41) is 0. The van der Waals surface area contributed by atoms with Crippen LogP contribution in [0.3, 0.4) is 0 Å². The van der Waals surface area contributed by atoms with Gasteiger partial charge in [-0.15, -0.1) is 0 Å². The Morgan fingerprint density at radius 2 is 1.80 bits per heavy atom. The van der Waals surface area contributed by atoms with Crippen LogP contribution < -0.4 is 4.18 Å². The zero-order valence-electron chi connectivity index (χ0n) is 9.06. The minimum Gasteiger partial charge on any atom is -0.383 e. The van der Waals surface area contributed by atoms with E-state index >= 15 is 0 Å². The Labute approximate surface area is 91.2 Å². The normalized spacial score (nSPS) is 11.3. The van der Waals surface area contributed by atoms with E-state index in [0.717, 1.165) is 25.5 Å². The fraction of sp³-hybridized carbons (Fsp3) is 0.455. The third-order valence-electron chi connectivity index (χ3n) is 1.99. The van der Waals surface area contributed by atoms with Gasteiger partial charge in [0, 0.05) is 0 Å². The summed E-state index contributed by atoms with van der Waals surface area (Å²) in [5.74, 6) is 0.373. The van der Waals surface area contributed by atoms with E-state index in [1.165, 1.54) is 5.56 Å². The molecule has 0 amide bonds. The van der Waals surface area contributed by atoms with Crippen molar-refractivity contribution in [1.82, 2.24) is 0 Å². The maximum Gasteiger partial charge on any atom is 0.306 e. The molecule has 4 heteroatoms. The summed E-state index contributed by atoms with van der Waals surface area (Å²) in [6.45, 7) is 2.14. The molecule has 0 fully saturated rings. The maximum absolute atomic E-state index is 10.8. The van der Waals surface area contributed by atoms with Crippen molar-refractivity contribution in [1.29, 1.82) is 0 Å². The van der Waals surface area contributed by atoms with E-state index in [2.05, 4.69) is 6.92 Å². The van der Waals surface area contributed by atoms with E-state index in [0.29, 0.717) is 5.75 Å². The molecule has 1 rings (SSSR count). The first-order valence-corrected chi connectivity index (χ1v) is 6.81. The molecule has 0 saturated heterocycles. The maximum atomic E-state index is 10.8. The van der Waals surface area contributed by atoms with Crippen molar-refractivity contribution in [2.75, 3.05) is 6.26 Å². The van der Waals surface area contributed by atoms with E-state index in [1.807, 2.05) is 12.1 Å². The van der Waals surface area contributed by atoms with E-state index < -0.39 is 10.1 Å². The second-order valence-electron chi connectivity index (χ2n) is 3.53. The molecule has 0 aliphatic heterocycles. The molecule has 0 unspecified atom stereocenters. The molecule has 84 valence electrons. The van der Waals surface area contributed by atoms with E-state index in [-0.39, 0.29) is 0 Å². The molecule has 0 saturated carbocycles. The lowest BCUT2D eigenvalue weighted by Gasteiger charge is -2.04. The quantitative estimate of drug-likeness (QED) is 0.727. The van der Waals surface area contributed by atoms with Crippen LogP contribution in [0.2, 0.25) is 0 Å². The Bertz CT molecular complexity index is 392. The fourth-order valence-corrected chi connectivity index (χ4v) is 1.73. The first-order valence-electron chi connectivity index (χ1n) is 4.99. The average molecular weight is 228 g/mol. The molecule has 0 aromatic heterocycles. The average Bonchev–Trinajstić information content (AvgIpc) is 2.14. The zero-order chi connectivity index (χ0) is 11.3. The molecule has 0 aliphatic carbocycles. The number of hydrogen-bond donors (Lipinski definition) is 0. The molecule has 0 aliphatic rings. The number of benzene rings is 1. The molecule has 3 nitrogen and oxygen atoms in total. The van der Waals surface area contributed by atoms with Crippen molar-refractivity contribution >= 4 is 10.1 Å². The zero-order valence-corrected chi connectivity index (χ0v) is 9.88. The number of rotatable bonds is 5. The largest absolute Gasteiger partial charge is 0.383 e. The first-order chi connectivity index (χ1) is 7.01. The summed E-state index contributed by atoms with van der Waals surface area (Å²) in [5.41, 5.74) is 1.21. The summed E-state index contributed by atoms with van der Waals surface area (Å²) in [6.07, 6.45) is 4.36. The molecule has 15 heavy (non-hydrogen) atoms. The highest BCUT2D eigenvalue weighted by Gasteiger charge is 2.03. The molecule has 1 aromatic carbocycles. The van der Waals surface area contributed by atoms with Gasteiger partial charge in [-0.05, 0) is 30.5 Å². The van der Waals surface area contributed by atoms with Gasteiger partial charge in [0.05, 0.1) is 6.26 Å². The van der Waals surface area contributed by atoms with Crippen LogP contribution >= 0.6 is 0 Å². The van der Waals surface area contributed by atoms with E-state index in [9.17, 15) is 8.42 Å². The van der Waals surface area contributed by atoms with Gasteiger partial charge >= 0.3 is 10.1 Å². The van der Waals surface area contributed by atoms with Gasteiger partial charge in [0.15, 0.2) is 0 Å². The summed E-state index contributed by atoms with van der Waals surface area (Å²) >= 11 is 0. The minimum absolute atomic E-state index is 0.373. The second kappa shape index (κ2) is 5.16. The predicted octanol–water partition coefficient (Wildman–Crippen LogP) is 2.37. The van der Waals surface area contributed by atoms with Crippen molar-refractivity contribution in [3.05, 3.63) is 29.8 Å². The molecule has 1 aromatic rings. The SMILES string of the molecule is CCCCc1ccc(OS(C)(=O)=O)cc1. The Kier molecular flexibility index (Phi) is 4.15. The lowest BCUT2D eigenvalue weighted by molar-refractivity contribution is 0.493. The van der Waals surface area contributed by atoms with Gasteiger partial charge in [-0.1, -0.05) is 25.5 Å². The van der Waals surface area contributed by atoms with Gasteiger partial charge in [-0.2, -0.15) is 8.42 Å². The standard InChI is InChI=1S/C11H16O3S/c1-3-4-5-10-6-8-11(9-7-10)14-15(2,12)13/h6-9H,3-5H2,1-2H3. The third kappa shape index (κ3) is 4.83. The fourth-order valence-electron chi connectivity index (χ4n) is 1.27. The lowest BCUT2D eigenvalue weighted by Crippen LogP contribution is -2.05. The van der Waals surface area contributed by atoms with Crippen LogP contribution in [0.5, 0.6) is 5.75 Å². The Morgan fingerprint density at radius 1 is 1.20 bits per heavy atom. The van der Waals surface area contributed by atoms with Crippen LogP contribution in [0.25, 0.3) is 0 Å². The topological polar surface area (TPSA) is 43.4 Å². The van der Waals surface area contributed by atoms with Gasteiger partial charge in [-0.3, -0.25) is 0 Å². The molecule has 0 N–H and O–H groups in total. The first kappa shape index (κ1) is 12.0. The lowest BCUT2D eigenvalue weighted by atomic mass is 10.1. The predicted molar refractivity (Wildman–Crippen MR) is 60.5 cm³/mol. The second-order valence-corrected chi connectivity index (χ2v) is 5.11. The van der Waals surface area contributed by atoms with Crippen molar-refractivity contribution in [3.63, 3.8) is 0 Å². The highest BCUT2D eigenvalue weighted by molar-refractivity contribution is 7.86. The molecule has 0 spiro atoms. The van der Waals surface area contributed by atoms with Crippen LogP contribution in [-0.4, -0.2) is 14.7 Å². The van der Waals surface area contributed by atoms with E-state index in [1.54, 1.807) is 12.1 Å². The summed E-state index contributed by atoms with van der Waals surface area (Å²) in [7, 11) is -3.41. The molecule has 0 atom stereocenters. The van der Waals surface area contributed by atoms with Crippen LogP contribution in [0.4, 0.5) is 0 Å². The number of unbranched alkanes of at least 4 members (excludes halogenated alkanes) is 1. The molecule has 0 radical (unpaired) electrons. The van der Waals surface area contributed by atoms with Crippen molar-refractivity contribution < 1.29 is 12.6 Å². The van der Waals surface area contributed by atoms with Gasteiger partial charge in [0.1, 0.15) is 5.75 Å². The summed E-state index contributed by atoms with van der Waals surface area (Å²) < 4.78 is 26.4. The van der Waals surface area contributed by atoms with Crippen molar-refractivity contribution in [3.8, 4) is 5.75 Å². The Hall–Kier alpha value is -1.03. The molecule has 0 heterocycles. The highest BCUT2D eigenvalue weighted by atomic mass is 32.2. The Morgan fingerprint density at radius 3 is 2.27 bits per heavy atom. The van der Waals surface area contributed by atoms with Gasteiger partial charge in [0.25, 0.3) is 0 Å². The van der Waals surface area contributed by atoms with Crippen molar-refractivity contribution in [2.24, 2.45) is 0 Å². The summed E-state index contributed by atoms with van der Waals surface area (Å²) in [6, 6.07) is 7.17. The number of aryl methyl sites for hydroxylation is 1. The third-order valence-corrected chi connectivity index (χ3v) is 2.49. The van der Waals surface area contributed by atoms with Crippen molar-refractivity contribution in [2.45, 2.75) is 26.2 Å². The van der Waals surface area contributed by atoms with E-state index in [4.69, 9.17) is 4.18 Å². The monoisotopic (exact) mass is 228 g/mol.